The second kappa shape index (κ2) is 5.33. The van der Waals surface area contributed by atoms with E-state index in [-0.39, 0.29) is 17.7 Å². The van der Waals surface area contributed by atoms with Crippen LogP contribution in [0.5, 0.6) is 0 Å². The lowest BCUT2D eigenvalue weighted by atomic mass is 9.89. The topological polar surface area (TPSA) is 56.8 Å². The molecule has 0 aliphatic carbocycles. The van der Waals surface area contributed by atoms with Crippen LogP contribution in [0.4, 0.5) is 0 Å². The van der Waals surface area contributed by atoms with Crippen molar-refractivity contribution in [1.82, 2.24) is 5.32 Å². The van der Waals surface area contributed by atoms with E-state index in [0.29, 0.717) is 6.61 Å². The van der Waals surface area contributed by atoms with Gasteiger partial charge in [0.1, 0.15) is 0 Å². The Kier molecular flexibility index (Phi) is 4.01. The number of carbonyl (C=O) groups is 1. The fraction of sp³-hybridized carbons (Fsp3) is 0.917. The van der Waals surface area contributed by atoms with Crippen molar-refractivity contribution < 1.29 is 19.0 Å². The van der Waals surface area contributed by atoms with E-state index >= 15 is 0 Å². The predicted molar refractivity (Wildman–Crippen MR) is 61.8 cm³/mol. The first-order valence-corrected chi connectivity index (χ1v) is 6.23. The van der Waals surface area contributed by atoms with E-state index in [9.17, 15) is 4.79 Å². The molecule has 17 heavy (non-hydrogen) atoms. The normalized spacial score (nSPS) is 29.2. The number of hydrogen-bond donors (Lipinski definition) is 1. The Balaban J connectivity index is 1.83. The highest BCUT2D eigenvalue weighted by molar-refractivity contribution is 5.73. The summed E-state index contributed by atoms with van der Waals surface area (Å²) in [4.78, 5) is 11.3. The standard InChI is InChI=1S/C12H21NO4/c1-9(11(14)15-2)17-10-7-12(16-8-10)3-5-13-6-4-12/h9-10,13H,3-8H2,1-2H3. The molecule has 2 heterocycles. The fourth-order valence-corrected chi connectivity index (χ4v) is 2.63. The quantitative estimate of drug-likeness (QED) is 0.730. The summed E-state index contributed by atoms with van der Waals surface area (Å²) in [6.45, 7) is 4.30. The molecule has 0 saturated carbocycles. The smallest absolute Gasteiger partial charge is 0.334 e. The predicted octanol–water partition coefficient (Wildman–Crippen LogP) is 0.476. The molecule has 2 aliphatic rings. The molecule has 2 rings (SSSR count). The van der Waals surface area contributed by atoms with Crippen molar-refractivity contribution in [1.29, 1.82) is 0 Å². The second-order valence-corrected chi connectivity index (χ2v) is 4.87. The first-order chi connectivity index (χ1) is 8.15. The Bertz CT molecular complexity index is 276. The van der Waals surface area contributed by atoms with Crippen molar-refractivity contribution in [3.8, 4) is 0 Å². The highest BCUT2D eigenvalue weighted by Gasteiger charge is 2.42. The van der Waals surface area contributed by atoms with Crippen molar-refractivity contribution in [2.24, 2.45) is 0 Å². The molecule has 5 nitrogen and oxygen atoms in total. The van der Waals surface area contributed by atoms with E-state index < -0.39 is 6.10 Å². The maximum atomic E-state index is 11.3. The van der Waals surface area contributed by atoms with E-state index in [4.69, 9.17) is 9.47 Å². The van der Waals surface area contributed by atoms with Gasteiger partial charge >= 0.3 is 5.97 Å². The lowest BCUT2D eigenvalue weighted by molar-refractivity contribution is -0.156. The Labute approximate surface area is 102 Å². The minimum absolute atomic E-state index is 0.0159. The number of methoxy groups -OCH3 is 1. The van der Waals surface area contributed by atoms with E-state index in [1.54, 1.807) is 6.92 Å². The summed E-state index contributed by atoms with van der Waals surface area (Å²) >= 11 is 0. The summed E-state index contributed by atoms with van der Waals surface area (Å²) in [5.41, 5.74) is -0.0221. The SMILES string of the molecule is COC(=O)C(C)OC1COC2(CCNCC2)C1. The molecule has 0 amide bonds. The van der Waals surface area contributed by atoms with Gasteiger partial charge in [0.15, 0.2) is 6.10 Å². The number of nitrogens with one attached hydrogen (secondary N) is 1. The van der Waals surface area contributed by atoms with Crippen LogP contribution in [0, 0.1) is 0 Å². The minimum atomic E-state index is -0.509. The molecule has 0 aromatic rings. The molecule has 0 bridgehead atoms. The highest BCUT2D eigenvalue weighted by atomic mass is 16.6. The van der Waals surface area contributed by atoms with Crippen molar-refractivity contribution in [3.05, 3.63) is 0 Å². The summed E-state index contributed by atoms with van der Waals surface area (Å²) in [5, 5.41) is 3.32. The monoisotopic (exact) mass is 243 g/mol. The van der Waals surface area contributed by atoms with Gasteiger partial charge in [0.05, 0.1) is 25.4 Å². The van der Waals surface area contributed by atoms with Gasteiger partial charge in [-0.25, -0.2) is 4.79 Å². The summed E-state index contributed by atoms with van der Waals surface area (Å²) < 4.78 is 16.2. The summed E-state index contributed by atoms with van der Waals surface area (Å²) in [7, 11) is 1.38. The lowest BCUT2D eigenvalue weighted by Crippen LogP contribution is -2.41. The molecule has 2 atom stereocenters. The highest BCUT2D eigenvalue weighted by Crippen LogP contribution is 2.35. The van der Waals surface area contributed by atoms with Crippen LogP contribution < -0.4 is 5.32 Å². The molecule has 0 radical (unpaired) electrons. The molecular weight excluding hydrogens is 222 g/mol. The van der Waals surface area contributed by atoms with Gasteiger partial charge in [-0.15, -0.1) is 0 Å². The first kappa shape index (κ1) is 12.8. The molecule has 1 spiro atoms. The van der Waals surface area contributed by atoms with Gasteiger partial charge in [-0.1, -0.05) is 0 Å². The Morgan fingerprint density at radius 3 is 2.82 bits per heavy atom. The van der Waals surface area contributed by atoms with Crippen LogP contribution >= 0.6 is 0 Å². The molecule has 2 fully saturated rings. The van der Waals surface area contributed by atoms with E-state index in [1.165, 1.54) is 7.11 Å². The van der Waals surface area contributed by atoms with Crippen LogP contribution in [0.3, 0.4) is 0 Å². The van der Waals surface area contributed by atoms with Gasteiger partial charge < -0.3 is 19.5 Å². The summed E-state index contributed by atoms with van der Waals surface area (Å²) in [6, 6.07) is 0. The van der Waals surface area contributed by atoms with Crippen molar-refractivity contribution in [2.75, 3.05) is 26.8 Å². The van der Waals surface area contributed by atoms with Crippen molar-refractivity contribution in [2.45, 2.75) is 44.0 Å². The number of esters is 1. The maximum absolute atomic E-state index is 11.3. The third-order valence-corrected chi connectivity index (χ3v) is 3.62. The number of piperidine rings is 1. The third kappa shape index (κ3) is 2.97. The van der Waals surface area contributed by atoms with Gasteiger partial charge in [0.2, 0.25) is 0 Å². The molecule has 98 valence electrons. The van der Waals surface area contributed by atoms with Crippen LogP contribution in [-0.4, -0.2) is 50.6 Å². The Morgan fingerprint density at radius 1 is 1.47 bits per heavy atom. The zero-order valence-electron chi connectivity index (χ0n) is 10.5. The molecule has 2 unspecified atom stereocenters. The van der Waals surface area contributed by atoms with Gasteiger partial charge in [-0.05, 0) is 32.9 Å². The number of rotatable bonds is 3. The van der Waals surface area contributed by atoms with Crippen LogP contribution in [-0.2, 0) is 19.0 Å². The van der Waals surface area contributed by atoms with Crippen LogP contribution in [0.2, 0.25) is 0 Å². The van der Waals surface area contributed by atoms with Gasteiger partial charge in [0.25, 0.3) is 0 Å². The zero-order valence-corrected chi connectivity index (χ0v) is 10.5. The Hall–Kier alpha value is -0.650. The van der Waals surface area contributed by atoms with E-state index in [2.05, 4.69) is 10.1 Å². The van der Waals surface area contributed by atoms with Gasteiger partial charge in [-0.2, -0.15) is 0 Å². The molecule has 2 aliphatic heterocycles. The Morgan fingerprint density at radius 2 is 2.18 bits per heavy atom. The van der Waals surface area contributed by atoms with E-state index in [0.717, 1.165) is 32.4 Å². The molecule has 1 N–H and O–H groups in total. The van der Waals surface area contributed by atoms with E-state index in [1.807, 2.05) is 0 Å². The first-order valence-electron chi connectivity index (χ1n) is 6.23. The minimum Gasteiger partial charge on any atom is -0.467 e. The fourth-order valence-electron chi connectivity index (χ4n) is 2.63. The molecule has 0 aromatic heterocycles. The number of hydrogen-bond acceptors (Lipinski definition) is 5. The van der Waals surface area contributed by atoms with Crippen LogP contribution in [0.25, 0.3) is 0 Å². The number of carbonyl (C=O) groups excluding carboxylic acids is 1. The second-order valence-electron chi connectivity index (χ2n) is 4.87. The molecular formula is C12H21NO4. The maximum Gasteiger partial charge on any atom is 0.334 e. The van der Waals surface area contributed by atoms with Gasteiger partial charge in [0, 0.05) is 6.42 Å². The molecule has 0 aromatic carbocycles. The number of ether oxygens (including phenoxy) is 3. The average molecular weight is 243 g/mol. The average Bonchev–Trinajstić information content (AvgIpc) is 2.72. The van der Waals surface area contributed by atoms with Crippen molar-refractivity contribution in [3.63, 3.8) is 0 Å². The summed E-state index contributed by atoms with van der Waals surface area (Å²) in [6.07, 6.45) is 2.45. The zero-order chi connectivity index (χ0) is 12.3. The summed E-state index contributed by atoms with van der Waals surface area (Å²) in [5.74, 6) is -0.323. The van der Waals surface area contributed by atoms with Crippen molar-refractivity contribution >= 4 is 5.97 Å². The molecule has 5 heteroatoms. The van der Waals surface area contributed by atoms with Crippen LogP contribution in [0.15, 0.2) is 0 Å². The lowest BCUT2D eigenvalue weighted by Gasteiger charge is -2.32. The molecule has 2 saturated heterocycles. The van der Waals surface area contributed by atoms with Crippen LogP contribution in [0.1, 0.15) is 26.2 Å². The largest absolute Gasteiger partial charge is 0.467 e. The van der Waals surface area contributed by atoms with Gasteiger partial charge in [-0.3, -0.25) is 0 Å². The third-order valence-electron chi connectivity index (χ3n) is 3.62.